The molecule has 25 heavy (non-hydrogen) atoms. The third kappa shape index (κ3) is 2.91. The van der Waals surface area contributed by atoms with Crippen molar-refractivity contribution in [1.82, 2.24) is 19.9 Å². The second-order valence-corrected chi connectivity index (χ2v) is 6.13. The minimum Gasteiger partial charge on any atom is -0.357 e. The van der Waals surface area contributed by atoms with E-state index in [-0.39, 0.29) is 11.7 Å². The van der Waals surface area contributed by atoms with Gasteiger partial charge in [0.2, 0.25) is 0 Å². The Kier molecular flexibility index (Phi) is 3.80. The van der Waals surface area contributed by atoms with Crippen LogP contribution in [0.3, 0.4) is 0 Å². The first kappa shape index (κ1) is 15.5. The lowest BCUT2D eigenvalue weighted by Crippen LogP contribution is -2.37. The average molecular weight is 336 g/mol. The summed E-state index contributed by atoms with van der Waals surface area (Å²) in [4.78, 5) is 26.4. The van der Waals surface area contributed by atoms with Gasteiger partial charge in [-0.1, -0.05) is 12.1 Å². The van der Waals surface area contributed by atoms with Gasteiger partial charge in [0.05, 0.1) is 5.69 Å². The molecule has 126 valence electrons. The fourth-order valence-corrected chi connectivity index (χ4v) is 3.14. The molecule has 2 aromatic heterocycles. The normalized spacial score (nSPS) is 13.6. The third-order valence-corrected chi connectivity index (χ3v) is 4.47. The molecule has 0 saturated heterocycles. The molecule has 5 nitrogen and oxygen atoms in total. The van der Waals surface area contributed by atoms with Crippen molar-refractivity contribution in [2.45, 2.75) is 19.9 Å². The highest BCUT2D eigenvalue weighted by atomic mass is 19.1. The highest BCUT2D eigenvalue weighted by Crippen LogP contribution is 2.25. The molecule has 0 fully saturated rings. The smallest absolute Gasteiger partial charge is 0.270 e. The molecule has 0 unspecified atom stereocenters. The van der Waals surface area contributed by atoms with Gasteiger partial charge in [-0.3, -0.25) is 4.79 Å². The molecule has 0 spiro atoms. The molecule has 0 atom stereocenters. The zero-order valence-corrected chi connectivity index (χ0v) is 13.8. The van der Waals surface area contributed by atoms with E-state index in [9.17, 15) is 9.18 Å². The molecule has 0 saturated carbocycles. The number of H-pyrrole nitrogens is 1. The number of amides is 1. The molecule has 1 aliphatic heterocycles. The number of nitrogens with one attached hydrogen (secondary N) is 1. The fourth-order valence-electron chi connectivity index (χ4n) is 3.14. The Balaban J connectivity index is 1.65. The van der Waals surface area contributed by atoms with Crippen molar-refractivity contribution in [2.24, 2.45) is 0 Å². The van der Waals surface area contributed by atoms with Crippen LogP contribution in [-0.2, 0) is 13.0 Å². The van der Waals surface area contributed by atoms with Crippen molar-refractivity contribution in [3.8, 4) is 11.4 Å². The van der Waals surface area contributed by atoms with E-state index < -0.39 is 0 Å². The van der Waals surface area contributed by atoms with E-state index in [2.05, 4.69) is 15.0 Å². The Labute approximate surface area is 144 Å². The SMILES string of the molecule is Cc1nc(-c2cccc(F)c2)nc2c1CN(C(=O)c1ccc[nH]1)CC2. The number of rotatable bonds is 2. The molecule has 1 aromatic carbocycles. The predicted octanol–water partition coefficient (Wildman–Crippen LogP) is 3.12. The van der Waals surface area contributed by atoms with Crippen LogP contribution >= 0.6 is 0 Å². The maximum absolute atomic E-state index is 13.5. The van der Waals surface area contributed by atoms with Gasteiger partial charge in [-0.05, 0) is 31.2 Å². The second kappa shape index (κ2) is 6.12. The maximum Gasteiger partial charge on any atom is 0.270 e. The van der Waals surface area contributed by atoms with Crippen LogP contribution < -0.4 is 0 Å². The number of hydrogen-bond donors (Lipinski definition) is 1. The summed E-state index contributed by atoms with van der Waals surface area (Å²) >= 11 is 0. The van der Waals surface area contributed by atoms with E-state index in [0.717, 1.165) is 17.0 Å². The average Bonchev–Trinajstić information content (AvgIpc) is 3.15. The lowest BCUT2D eigenvalue weighted by Gasteiger charge is -2.29. The molecule has 1 N–H and O–H groups in total. The van der Waals surface area contributed by atoms with Crippen LogP contribution in [0.15, 0.2) is 42.6 Å². The minimum absolute atomic E-state index is 0.0238. The Morgan fingerprint density at radius 3 is 2.88 bits per heavy atom. The standard InChI is InChI=1S/C19H17FN4O/c1-12-15-11-24(19(25)17-6-3-8-21-17)9-7-16(15)23-18(22-12)13-4-2-5-14(20)10-13/h2-6,8,10,21H,7,9,11H2,1H3. The van der Waals surface area contributed by atoms with Crippen LogP contribution in [0, 0.1) is 12.7 Å². The first-order valence-corrected chi connectivity index (χ1v) is 8.17. The van der Waals surface area contributed by atoms with Crippen molar-refractivity contribution in [2.75, 3.05) is 6.54 Å². The minimum atomic E-state index is -0.306. The Hall–Kier alpha value is -3.02. The van der Waals surface area contributed by atoms with Crippen LogP contribution in [0.1, 0.15) is 27.4 Å². The first-order valence-electron chi connectivity index (χ1n) is 8.17. The molecular weight excluding hydrogens is 319 g/mol. The summed E-state index contributed by atoms with van der Waals surface area (Å²) in [6.07, 6.45) is 2.40. The summed E-state index contributed by atoms with van der Waals surface area (Å²) in [7, 11) is 0. The lowest BCUT2D eigenvalue weighted by atomic mass is 10.0. The Morgan fingerprint density at radius 2 is 2.12 bits per heavy atom. The first-order chi connectivity index (χ1) is 12.1. The van der Waals surface area contributed by atoms with E-state index in [1.807, 2.05) is 13.0 Å². The maximum atomic E-state index is 13.5. The summed E-state index contributed by atoms with van der Waals surface area (Å²) in [6, 6.07) is 9.87. The Bertz CT molecular complexity index is 937. The molecule has 0 radical (unpaired) electrons. The molecule has 3 aromatic rings. The fraction of sp³-hybridized carbons (Fsp3) is 0.211. The summed E-state index contributed by atoms with van der Waals surface area (Å²) in [5.74, 6) is 0.198. The van der Waals surface area contributed by atoms with Gasteiger partial charge in [-0.2, -0.15) is 0 Å². The van der Waals surface area contributed by atoms with E-state index in [1.54, 1.807) is 29.3 Å². The molecular formula is C19H17FN4O. The van der Waals surface area contributed by atoms with E-state index in [0.29, 0.717) is 36.6 Å². The number of carbonyl (C=O) groups excluding carboxylic acids is 1. The van der Waals surface area contributed by atoms with Gasteiger partial charge < -0.3 is 9.88 Å². The van der Waals surface area contributed by atoms with Gasteiger partial charge in [0.25, 0.3) is 5.91 Å². The van der Waals surface area contributed by atoms with Gasteiger partial charge in [-0.25, -0.2) is 14.4 Å². The van der Waals surface area contributed by atoms with Crippen LogP contribution in [0.5, 0.6) is 0 Å². The van der Waals surface area contributed by atoms with E-state index >= 15 is 0 Å². The molecule has 0 aliphatic carbocycles. The highest BCUT2D eigenvalue weighted by Gasteiger charge is 2.25. The second-order valence-electron chi connectivity index (χ2n) is 6.13. The van der Waals surface area contributed by atoms with Gasteiger partial charge in [0, 0.05) is 42.5 Å². The van der Waals surface area contributed by atoms with Crippen molar-refractivity contribution >= 4 is 5.91 Å². The van der Waals surface area contributed by atoms with Crippen molar-refractivity contribution < 1.29 is 9.18 Å². The van der Waals surface area contributed by atoms with Crippen molar-refractivity contribution in [1.29, 1.82) is 0 Å². The number of aryl methyl sites for hydroxylation is 1. The van der Waals surface area contributed by atoms with Gasteiger partial charge in [0.1, 0.15) is 11.5 Å². The molecule has 4 rings (SSSR count). The molecule has 0 bridgehead atoms. The van der Waals surface area contributed by atoms with Gasteiger partial charge in [-0.15, -0.1) is 0 Å². The number of halogens is 1. The Morgan fingerprint density at radius 1 is 1.24 bits per heavy atom. The van der Waals surface area contributed by atoms with Gasteiger partial charge in [0.15, 0.2) is 5.82 Å². The molecule has 1 amide bonds. The number of aromatic nitrogens is 3. The van der Waals surface area contributed by atoms with Crippen LogP contribution in [-0.4, -0.2) is 32.3 Å². The molecule has 3 heterocycles. The topological polar surface area (TPSA) is 61.9 Å². The van der Waals surface area contributed by atoms with Gasteiger partial charge >= 0.3 is 0 Å². The number of aromatic amines is 1. The van der Waals surface area contributed by atoms with Crippen LogP contribution in [0.4, 0.5) is 4.39 Å². The predicted molar refractivity (Wildman–Crippen MR) is 91.4 cm³/mol. The molecule has 1 aliphatic rings. The van der Waals surface area contributed by atoms with Crippen LogP contribution in [0.25, 0.3) is 11.4 Å². The van der Waals surface area contributed by atoms with E-state index in [4.69, 9.17) is 0 Å². The highest BCUT2D eigenvalue weighted by molar-refractivity contribution is 5.92. The summed E-state index contributed by atoms with van der Waals surface area (Å²) in [6.45, 7) is 3.00. The largest absolute Gasteiger partial charge is 0.357 e. The third-order valence-electron chi connectivity index (χ3n) is 4.47. The summed E-state index contributed by atoms with van der Waals surface area (Å²) in [5.41, 5.74) is 3.98. The summed E-state index contributed by atoms with van der Waals surface area (Å²) in [5, 5.41) is 0. The monoisotopic (exact) mass is 336 g/mol. The number of nitrogens with zero attached hydrogens (tertiary/aromatic N) is 3. The zero-order valence-electron chi connectivity index (χ0n) is 13.8. The number of benzene rings is 1. The zero-order chi connectivity index (χ0) is 17.4. The number of hydrogen-bond acceptors (Lipinski definition) is 3. The quantitative estimate of drug-likeness (QED) is 0.782. The lowest BCUT2D eigenvalue weighted by molar-refractivity contribution is 0.0727. The van der Waals surface area contributed by atoms with Crippen molar-refractivity contribution in [3.63, 3.8) is 0 Å². The number of carbonyl (C=O) groups is 1. The number of fused-ring (bicyclic) bond motifs is 1. The van der Waals surface area contributed by atoms with Crippen LogP contribution in [0.2, 0.25) is 0 Å². The van der Waals surface area contributed by atoms with E-state index in [1.165, 1.54) is 12.1 Å². The molecule has 6 heteroatoms. The van der Waals surface area contributed by atoms with Crippen molar-refractivity contribution in [3.05, 3.63) is 71.1 Å². The summed E-state index contributed by atoms with van der Waals surface area (Å²) < 4.78 is 13.5.